The molecule has 1 heterocycles. The summed E-state index contributed by atoms with van der Waals surface area (Å²) < 4.78 is 37.9. The van der Waals surface area contributed by atoms with E-state index in [0.29, 0.717) is 6.54 Å². The molecular weight excluding hydrogens is 285 g/mol. The van der Waals surface area contributed by atoms with E-state index < -0.39 is 12.0 Å². The quantitative estimate of drug-likeness (QED) is 0.795. The Kier molecular flexibility index (Phi) is 4.87. The second-order valence-electron chi connectivity index (χ2n) is 5.37. The van der Waals surface area contributed by atoms with Crippen LogP contribution in [0, 0.1) is 11.8 Å². The van der Waals surface area contributed by atoms with Crippen LogP contribution in [-0.2, 0) is 6.18 Å². The number of alkyl halides is 3. The maximum absolute atomic E-state index is 12.6. The van der Waals surface area contributed by atoms with Crippen molar-refractivity contribution < 1.29 is 18.3 Å². The lowest BCUT2D eigenvalue weighted by Crippen LogP contribution is -2.29. The van der Waals surface area contributed by atoms with Gasteiger partial charge in [0.2, 0.25) is 5.82 Å². The summed E-state index contributed by atoms with van der Waals surface area (Å²) in [6.07, 6.45) is -0.569. The SMILES string of the molecule is Nc1cc(NCC2CCCCC2CO)nc(C(F)(F)F)n1. The molecule has 0 amide bonds. The Morgan fingerprint density at radius 2 is 1.90 bits per heavy atom. The van der Waals surface area contributed by atoms with Crippen LogP contribution in [0.5, 0.6) is 0 Å². The van der Waals surface area contributed by atoms with Crippen LogP contribution in [-0.4, -0.2) is 28.2 Å². The molecule has 2 rings (SSSR count). The second kappa shape index (κ2) is 6.46. The number of rotatable bonds is 4. The van der Waals surface area contributed by atoms with Gasteiger partial charge in [0, 0.05) is 19.2 Å². The number of hydrogen-bond acceptors (Lipinski definition) is 5. The number of nitrogens with two attached hydrogens (primary N) is 1. The first-order valence-corrected chi connectivity index (χ1v) is 6.96. The zero-order chi connectivity index (χ0) is 15.5. The van der Waals surface area contributed by atoms with Gasteiger partial charge in [0.25, 0.3) is 0 Å². The number of nitrogen functional groups attached to an aromatic ring is 1. The van der Waals surface area contributed by atoms with Gasteiger partial charge in [-0.2, -0.15) is 13.2 Å². The van der Waals surface area contributed by atoms with Crippen molar-refractivity contribution in [3.05, 3.63) is 11.9 Å². The smallest absolute Gasteiger partial charge is 0.396 e. The summed E-state index contributed by atoms with van der Waals surface area (Å²) in [6.45, 7) is 0.574. The third-order valence-electron chi connectivity index (χ3n) is 3.85. The molecule has 2 atom stereocenters. The van der Waals surface area contributed by atoms with Crippen LogP contribution < -0.4 is 11.1 Å². The first kappa shape index (κ1) is 15.8. The third kappa shape index (κ3) is 4.20. The lowest BCUT2D eigenvalue weighted by molar-refractivity contribution is -0.144. The standard InChI is InChI=1S/C13H19F3N4O/c14-13(15,16)12-19-10(17)5-11(20-12)18-6-8-3-1-2-4-9(8)7-21/h5,8-9,21H,1-4,6-7H2,(H3,17,18,19,20). The molecule has 4 N–H and O–H groups in total. The molecule has 0 saturated heterocycles. The predicted molar refractivity (Wildman–Crippen MR) is 72.5 cm³/mol. The van der Waals surface area contributed by atoms with E-state index in [-0.39, 0.29) is 30.1 Å². The van der Waals surface area contributed by atoms with Crippen molar-refractivity contribution >= 4 is 11.6 Å². The number of aromatic nitrogens is 2. The molecule has 8 heteroatoms. The molecule has 0 bridgehead atoms. The van der Waals surface area contributed by atoms with Crippen LogP contribution in [0.1, 0.15) is 31.5 Å². The molecule has 1 saturated carbocycles. The summed E-state index contributed by atoms with van der Waals surface area (Å²) in [5.74, 6) is -0.978. The van der Waals surface area contributed by atoms with Gasteiger partial charge in [-0.1, -0.05) is 12.8 Å². The molecule has 1 aromatic heterocycles. The summed E-state index contributed by atoms with van der Waals surface area (Å²) in [5.41, 5.74) is 5.39. The van der Waals surface area contributed by atoms with Gasteiger partial charge in [-0.25, -0.2) is 9.97 Å². The van der Waals surface area contributed by atoms with Gasteiger partial charge >= 0.3 is 6.18 Å². The summed E-state index contributed by atoms with van der Waals surface area (Å²) in [7, 11) is 0. The number of nitrogens with one attached hydrogen (secondary N) is 1. The Morgan fingerprint density at radius 3 is 2.52 bits per heavy atom. The molecule has 21 heavy (non-hydrogen) atoms. The number of anilines is 2. The topological polar surface area (TPSA) is 84.1 Å². The van der Waals surface area contributed by atoms with Crippen molar-refractivity contribution in [1.82, 2.24) is 9.97 Å². The average molecular weight is 304 g/mol. The molecule has 5 nitrogen and oxygen atoms in total. The Hall–Kier alpha value is -1.57. The Balaban J connectivity index is 2.04. The van der Waals surface area contributed by atoms with Gasteiger partial charge in [-0.3, -0.25) is 0 Å². The van der Waals surface area contributed by atoms with E-state index >= 15 is 0 Å². The van der Waals surface area contributed by atoms with E-state index in [9.17, 15) is 18.3 Å². The van der Waals surface area contributed by atoms with E-state index in [1.807, 2.05) is 0 Å². The fraction of sp³-hybridized carbons (Fsp3) is 0.692. The van der Waals surface area contributed by atoms with Crippen LogP contribution in [0.25, 0.3) is 0 Å². The van der Waals surface area contributed by atoms with Crippen molar-refractivity contribution in [3.63, 3.8) is 0 Å². The first-order chi connectivity index (χ1) is 9.90. The van der Waals surface area contributed by atoms with Crippen molar-refractivity contribution in [2.24, 2.45) is 11.8 Å². The van der Waals surface area contributed by atoms with Gasteiger partial charge < -0.3 is 16.2 Å². The summed E-state index contributed by atoms with van der Waals surface area (Å²) in [6, 6.07) is 1.28. The molecule has 0 aromatic carbocycles. The highest BCUT2D eigenvalue weighted by atomic mass is 19.4. The monoisotopic (exact) mass is 304 g/mol. The van der Waals surface area contributed by atoms with E-state index in [1.54, 1.807) is 0 Å². The van der Waals surface area contributed by atoms with Crippen LogP contribution in [0.15, 0.2) is 6.07 Å². The third-order valence-corrected chi connectivity index (χ3v) is 3.85. The highest BCUT2D eigenvalue weighted by molar-refractivity contribution is 5.45. The second-order valence-corrected chi connectivity index (χ2v) is 5.37. The van der Waals surface area contributed by atoms with E-state index in [0.717, 1.165) is 25.7 Å². The van der Waals surface area contributed by atoms with Gasteiger partial charge in [0.1, 0.15) is 11.6 Å². The number of halogens is 3. The fourth-order valence-corrected chi connectivity index (χ4v) is 2.71. The number of aliphatic hydroxyl groups excluding tert-OH is 1. The normalized spacial score (nSPS) is 23.0. The largest absolute Gasteiger partial charge is 0.451 e. The Bertz CT molecular complexity index is 481. The lowest BCUT2D eigenvalue weighted by atomic mass is 9.79. The maximum atomic E-state index is 12.6. The molecule has 2 unspecified atom stereocenters. The predicted octanol–water partition coefficient (Wildman–Crippen LogP) is 2.29. The van der Waals surface area contributed by atoms with Crippen LogP contribution >= 0.6 is 0 Å². The molecule has 118 valence electrons. The molecule has 1 fully saturated rings. The highest BCUT2D eigenvalue weighted by Gasteiger charge is 2.35. The molecule has 1 aromatic rings. The van der Waals surface area contributed by atoms with Crippen molar-refractivity contribution in [2.75, 3.05) is 24.2 Å². The maximum Gasteiger partial charge on any atom is 0.451 e. The molecule has 0 spiro atoms. The zero-order valence-electron chi connectivity index (χ0n) is 11.5. The van der Waals surface area contributed by atoms with Crippen molar-refractivity contribution in [3.8, 4) is 0 Å². The van der Waals surface area contributed by atoms with Gasteiger partial charge in [0.05, 0.1) is 0 Å². The van der Waals surface area contributed by atoms with Gasteiger partial charge in [0.15, 0.2) is 0 Å². The molecular formula is C13H19F3N4O. The minimum atomic E-state index is -4.62. The first-order valence-electron chi connectivity index (χ1n) is 6.96. The van der Waals surface area contributed by atoms with E-state index in [1.165, 1.54) is 6.07 Å². The van der Waals surface area contributed by atoms with Crippen molar-refractivity contribution in [1.29, 1.82) is 0 Å². The summed E-state index contributed by atoms with van der Waals surface area (Å²) in [5, 5.41) is 12.2. The average Bonchev–Trinajstić information content (AvgIpc) is 2.44. The Labute approximate surface area is 120 Å². The number of nitrogens with zero attached hydrogens (tertiary/aromatic N) is 2. The molecule has 0 aliphatic heterocycles. The van der Waals surface area contributed by atoms with Crippen LogP contribution in [0.2, 0.25) is 0 Å². The minimum absolute atomic E-state index is 0.0667. The van der Waals surface area contributed by atoms with E-state index in [4.69, 9.17) is 5.73 Å². The highest BCUT2D eigenvalue weighted by Crippen LogP contribution is 2.31. The van der Waals surface area contributed by atoms with Crippen LogP contribution in [0.3, 0.4) is 0 Å². The molecule has 1 aliphatic carbocycles. The van der Waals surface area contributed by atoms with E-state index in [2.05, 4.69) is 15.3 Å². The summed E-state index contributed by atoms with van der Waals surface area (Å²) in [4.78, 5) is 6.64. The summed E-state index contributed by atoms with van der Waals surface area (Å²) >= 11 is 0. The molecule has 0 radical (unpaired) electrons. The number of hydrogen-bond donors (Lipinski definition) is 3. The van der Waals surface area contributed by atoms with Crippen molar-refractivity contribution in [2.45, 2.75) is 31.9 Å². The fourth-order valence-electron chi connectivity index (χ4n) is 2.71. The Morgan fingerprint density at radius 1 is 1.24 bits per heavy atom. The zero-order valence-corrected chi connectivity index (χ0v) is 11.5. The van der Waals surface area contributed by atoms with Gasteiger partial charge in [-0.05, 0) is 24.7 Å². The van der Waals surface area contributed by atoms with Crippen LogP contribution in [0.4, 0.5) is 24.8 Å². The molecule has 1 aliphatic rings. The lowest BCUT2D eigenvalue weighted by Gasteiger charge is -2.30. The minimum Gasteiger partial charge on any atom is -0.396 e. The number of aliphatic hydroxyl groups is 1. The van der Waals surface area contributed by atoms with Gasteiger partial charge in [-0.15, -0.1) is 0 Å².